The number of ether oxygens (including phenoxy) is 1. The van der Waals surface area contributed by atoms with E-state index in [4.69, 9.17) is 22.1 Å². The molecule has 0 amide bonds. The van der Waals surface area contributed by atoms with Gasteiger partial charge in [0, 0.05) is 13.1 Å². The highest BCUT2D eigenvalue weighted by atomic mass is 35.5. The first-order chi connectivity index (χ1) is 7.26. The number of nitrogens with zero attached hydrogens (tertiary/aromatic N) is 3. The van der Waals surface area contributed by atoms with Gasteiger partial charge in [0.25, 0.3) is 0 Å². The standard InChI is InChI=1S/C8H12ClN5O/c1-15-8-13-6(9)12-7(14-8)11-5-3-2-4-10/h2-3H,4-5,10H2,1H3,(H,11,12,13,14)/b3-2+. The number of methoxy groups -OCH3 is 1. The lowest BCUT2D eigenvalue weighted by molar-refractivity contribution is 0.379. The third-order valence-electron chi connectivity index (χ3n) is 1.45. The molecule has 0 spiro atoms. The summed E-state index contributed by atoms with van der Waals surface area (Å²) in [5.74, 6) is 0.369. The largest absolute Gasteiger partial charge is 0.467 e. The SMILES string of the molecule is COc1nc(Cl)nc(NC/C=C/CN)n1. The molecule has 0 aliphatic rings. The van der Waals surface area contributed by atoms with Crippen molar-refractivity contribution < 1.29 is 4.74 Å². The van der Waals surface area contributed by atoms with E-state index in [-0.39, 0.29) is 11.3 Å². The number of hydrogen-bond donors (Lipinski definition) is 2. The van der Waals surface area contributed by atoms with Crippen molar-refractivity contribution in [2.45, 2.75) is 0 Å². The molecule has 0 unspecified atom stereocenters. The fraction of sp³-hybridized carbons (Fsp3) is 0.375. The second-order valence-electron chi connectivity index (χ2n) is 2.50. The molecule has 1 aromatic heterocycles. The molecule has 0 aliphatic carbocycles. The third-order valence-corrected chi connectivity index (χ3v) is 1.62. The molecule has 0 fully saturated rings. The van der Waals surface area contributed by atoms with Crippen LogP contribution in [-0.2, 0) is 0 Å². The number of nitrogens with two attached hydrogens (primary N) is 1. The van der Waals surface area contributed by atoms with Crippen molar-refractivity contribution in [3.8, 4) is 6.01 Å². The van der Waals surface area contributed by atoms with Crippen LogP contribution in [0.1, 0.15) is 0 Å². The average molecular weight is 230 g/mol. The third kappa shape index (κ3) is 4.09. The Balaban J connectivity index is 2.60. The van der Waals surface area contributed by atoms with Gasteiger partial charge in [-0.25, -0.2) is 0 Å². The summed E-state index contributed by atoms with van der Waals surface area (Å²) in [7, 11) is 1.46. The first-order valence-electron chi connectivity index (χ1n) is 4.30. The van der Waals surface area contributed by atoms with Gasteiger partial charge in [-0.2, -0.15) is 15.0 Å². The van der Waals surface area contributed by atoms with Gasteiger partial charge >= 0.3 is 6.01 Å². The fourth-order valence-corrected chi connectivity index (χ4v) is 0.984. The van der Waals surface area contributed by atoms with E-state index in [0.29, 0.717) is 19.0 Å². The van der Waals surface area contributed by atoms with Crippen molar-refractivity contribution in [3.63, 3.8) is 0 Å². The van der Waals surface area contributed by atoms with Crippen LogP contribution in [0.15, 0.2) is 12.2 Å². The second-order valence-corrected chi connectivity index (χ2v) is 2.84. The molecule has 7 heteroatoms. The Hall–Kier alpha value is -1.40. The molecule has 0 atom stereocenters. The zero-order valence-corrected chi connectivity index (χ0v) is 9.03. The summed E-state index contributed by atoms with van der Waals surface area (Å²) in [5.41, 5.74) is 5.28. The molecule has 0 aliphatic heterocycles. The highest BCUT2D eigenvalue weighted by Crippen LogP contribution is 2.10. The number of anilines is 1. The Morgan fingerprint density at radius 1 is 1.40 bits per heavy atom. The number of halogens is 1. The number of nitrogens with one attached hydrogen (secondary N) is 1. The molecule has 0 radical (unpaired) electrons. The molecule has 0 saturated heterocycles. The maximum Gasteiger partial charge on any atom is 0.322 e. The molecule has 15 heavy (non-hydrogen) atoms. The van der Waals surface area contributed by atoms with E-state index in [0.717, 1.165) is 0 Å². The van der Waals surface area contributed by atoms with Crippen molar-refractivity contribution in [2.24, 2.45) is 5.73 Å². The van der Waals surface area contributed by atoms with Gasteiger partial charge in [-0.05, 0) is 11.6 Å². The van der Waals surface area contributed by atoms with Gasteiger partial charge in [-0.15, -0.1) is 0 Å². The lowest BCUT2D eigenvalue weighted by Gasteiger charge is -2.03. The molecule has 82 valence electrons. The monoisotopic (exact) mass is 229 g/mol. The summed E-state index contributed by atoms with van der Waals surface area (Å²) >= 11 is 5.65. The molecule has 0 bridgehead atoms. The fourth-order valence-electron chi connectivity index (χ4n) is 0.832. The predicted octanol–water partition coefficient (Wildman–Crippen LogP) is 0.460. The molecule has 1 rings (SSSR count). The molecular formula is C8H12ClN5O. The zero-order valence-electron chi connectivity index (χ0n) is 8.27. The van der Waals surface area contributed by atoms with Crippen molar-refractivity contribution >= 4 is 17.5 Å². The second kappa shape index (κ2) is 6.15. The maximum absolute atomic E-state index is 5.65. The minimum Gasteiger partial charge on any atom is -0.467 e. The van der Waals surface area contributed by atoms with Gasteiger partial charge in [-0.1, -0.05) is 12.2 Å². The van der Waals surface area contributed by atoms with E-state index in [1.54, 1.807) is 0 Å². The highest BCUT2D eigenvalue weighted by molar-refractivity contribution is 6.28. The topological polar surface area (TPSA) is 86.0 Å². The van der Waals surface area contributed by atoms with E-state index >= 15 is 0 Å². The highest BCUT2D eigenvalue weighted by Gasteiger charge is 2.02. The van der Waals surface area contributed by atoms with Crippen LogP contribution in [-0.4, -0.2) is 35.2 Å². The van der Waals surface area contributed by atoms with Crippen LogP contribution in [0.5, 0.6) is 6.01 Å². The van der Waals surface area contributed by atoms with Gasteiger partial charge in [0.05, 0.1) is 7.11 Å². The van der Waals surface area contributed by atoms with E-state index in [2.05, 4.69) is 20.3 Å². The lowest BCUT2D eigenvalue weighted by Crippen LogP contribution is -2.06. The summed E-state index contributed by atoms with van der Waals surface area (Å²) in [5, 5.41) is 3.02. The van der Waals surface area contributed by atoms with Crippen LogP contribution >= 0.6 is 11.6 Å². The molecule has 6 nitrogen and oxygen atoms in total. The van der Waals surface area contributed by atoms with Crippen LogP contribution in [0.25, 0.3) is 0 Å². The van der Waals surface area contributed by atoms with Crippen LogP contribution in [0, 0.1) is 0 Å². The van der Waals surface area contributed by atoms with Crippen molar-refractivity contribution in [2.75, 3.05) is 25.5 Å². The Kier molecular flexibility index (Phi) is 4.79. The van der Waals surface area contributed by atoms with Gasteiger partial charge in [-0.3, -0.25) is 0 Å². The Morgan fingerprint density at radius 3 is 2.87 bits per heavy atom. The van der Waals surface area contributed by atoms with Crippen LogP contribution < -0.4 is 15.8 Å². The van der Waals surface area contributed by atoms with Gasteiger partial charge in [0.1, 0.15) is 0 Å². The van der Waals surface area contributed by atoms with Crippen molar-refractivity contribution in [1.82, 2.24) is 15.0 Å². The normalized spacial score (nSPS) is 10.6. The van der Waals surface area contributed by atoms with Gasteiger partial charge in [0.2, 0.25) is 11.2 Å². The quantitative estimate of drug-likeness (QED) is 0.714. The number of aromatic nitrogens is 3. The van der Waals surface area contributed by atoms with Gasteiger partial charge < -0.3 is 15.8 Å². The van der Waals surface area contributed by atoms with Crippen molar-refractivity contribution in [1.29, 1.82) is 0 Å². The predicted molar refractivity (Wildman–Crippen MR) is 58.1 cm³/mol. The minimum absolute atomic E-state index is 0.0900. The van der Waals surface area contributed by atoms with Gasteiger partial charge in [0.15, 0.2) is 0 Å². The first-order valence-corrected chi connectivity index (χ1v) is 4.68. The molecule has 0 aromatic carbocycles. The smallest absolute Gasteiger partial charge is 0.322 e. The van der Waals surface area contributed by atoms with Crippen LogP contribution in [0.3, 0.4) is 0 Å². The van der Waals surface area contributed by atoms with Crippen LogP contribution in [0.4, 0.5) is 5.95 Å². The summed E-state index contributed by atoms with van der Waals surface area (Å²) in [6.45, 7) is 1.07. The molecule has 3 N–H and O–H groups in total. The zero-order chi connectivity index (χ0) is 11.1. The first kappa shape index (κ1) is 11.7. The van der Waals surface area contributed by atoms with Crippen LogP contribution in [0.2, 0.25) is 5.28 Å². The summed E-state index contributed by atoms with van der Waals surface area (Å²) in [4.78, 5) is 11.6. The summed E-state index contributed by atoms with van der Waals surface area (Å²) < 4.78 is 4.84. The Bertz CT molecular complexity index is 344. The van der Waals surface area contributed by atoms with E-state index in [9.17, 15) is 0 Å². The van der Waals surface area contributed by atoms with E-state index in [1.165, 1.54) is 7.11 Å². The molecule has 0 saturated carbocycles. The van der Waals surface area contributed by atoms with Crippen molar-refractivity contribution in [3.05, 3.63) is 17.4 Å². The molecule has 1 aromatic rings. The lowest BCUT2D eigenvalue weighted by atomic mass is 10.5. The minimum atomic E-state index is 0.0900. The summed E-state index contributed by atoms with van der Waals surface area (Å²) in [6.07, 6.45) is 3.69. The molecule has 1 heterocycles. The summed E-state index contributed by atoms with van der Waals surface area (Å²) in [6, 6.07) is 0.181. The molecular weight excluding hydrogens is 218 g/mol. The number of hydrogen-bond acceptors (Lipinski definition) is 6. The Morgan fingerprint density at radius 2 is 2.20 bits per heavy atom. The van der Waals surface area contributed by atoms with E-state index in [1.807, 2.05) is 12.2 Å². The van der Waals surface area contributed by atoms with E-state index < -0.39 is 0 Å². The maximum atomic E-state index is 5.65. The number of rotatable bonds is 5. The average Bonchev–Trinajstić information content (AvgIpc) is 2.23. The Labute approximate surface area is 92.5 Å².